The van der Waals surface area contributed by atoms with Crippen LogP contribution in [0.15, 0.2) is 48.1 Å². The molecule has 1 aromatic carbocycles. The summed E-state index contributed by atoms with van der Waals surface area (Å²) in [7, 11) is 0. The van der Waals surface area contributed by atoms with Gasteiger partial charge in [0.15, 0.2) is 5.16 Å². The molecule has 6 nitrogen and oxygen atoms in total. The van der Waals surface area contributed by atoms with Crippen molar-refractivity contribution < 1.29 is 4.79 Å². The lowest BCUT2D eigenvalue weighted by Crippen LogP contribution is -2.32. The smallest absolute Gasteiger partial charge is 0.238 e. The van der Waals surface area contributed by atoms with Crippen LogP contribution in [0.5, 0.6) is 0 Å². The third-order valence-electron chi connectivity index (χ3n) is 3.14. The fourth-order valence-electron chi connectivity index (χ4n) is 2.01. The third-order valence-corrected chi connectivity index (χ3v) is 4.09. The number of thioether (sulfide) groups is 1. The molecule has 0 aliphatic carbocycles. The second-order valence-electron chi connectivity index (χ2n) is 4.69. The first-order valence-corrected chi connectivity index (χ1v) is 8.01. The van der Waals surface area contributed by atoms with Gasteiger partial charge in [0.25, 0.3) is 0 Å². The predicted molar refractivity (Wildman–Crippen MR) is 90.1 cm³/mol. The number of aryl methyl sites for hydroxylation is 1. The number of para-hydroxylation sites is 1. The molecule has 1 amide bonds. The van der Waals surface area contributed by atoms with Crippen molar-refractivity contribution in [2.45, 2.75) is 18.6 Å². The molecule has 0 bridgehead atoms. The van der Waals surface area contributed by atoms with Crippen molar-refractivity contribution in [3.8, 4) is 6.07 Å². The van der Waals surface area contributed by atoms with E-state index in [0.717, 1.165) is 5.82 Å². The van der Waals surface area contributed by atoms with Gasteiger partial charge in [-0.05, 0) is 19.1 Å². The number of benzene rings is 1. The Morgan fingerprint density at radius 2 is 2.17 bits per heavy atom. The van der Waals surface area contributed by atoms with Gasteiger partial charge in [-0.25, -0.2) is 0 Å². The van der Waals surface area contributed by atoms with Crippen LogP contribution in [0.25, 0.3) is 0 Å². The molecule has 1 aromatic heterocycles. The lowest BCUT2D eigenvalue weighted by atomic mass is 10.3. The zero-order valence-electron chi connectivity index (χ0n) is 12.8. The molecule has 0 spiro atoms. The summed E-state index contributed by atoms with van der Waals surface area (Å²) in [6, 6.07) is 11.2. The Morgan fingerprint density at radius 1 is 1.43 bits per heavy atom. The number of hydrogen-bond acceptors (Lipinski definition) is 5. The summed E-state index contributed by atoms with van der Waals surface area (Å²) < 4.78 is 1.89. The van der Waals surface area contributed by atoms with E-state index in [2.05, 4.69) is 16.8 Å². The van der Waals surface area contributed by atoms with Crippen LogP contribution in [-0.2, 0) is 11.3 Å². The first-order valence-electron chi connectivity index (χ1n) is 7.03. The first-order chi connectivity index (χ1) is 11.2. The predicted octanol–water partition coefficient (Wildman–Crippen LogP) is 2.42. The molecule has 0 fully saturated rings. The number of hydrogen-bond donors (Lipinski definition) is 0. The molecular formula is C16H17N5OS. The van der Waals surface area contributed by atoms with E-state index < -0.39 is 0 Å². The average Bonchev–Trinajstić information content (AvgIpc) is 2.92. The normalized spacial score (nSPS) is 10.1. The van der Waals surface area contributed by atoms with Crippen LogP contribution in [0, 0.1) is 18.3 Å². The molecule has 0 saturated heterocycles. The Bertz CT molecular complexity index is 720. The molecule has 0 N–H and O–H groups in total. The molecule has 118 valence electrons. The van der Waals surface area contributed by atoms with E-state index in [0.29, 0.717) is 17.4 Å². The lowest BCUT2D eigenvalue weighted by molar-refractivity contribution is -0.116. The van der Waals surface area contributed by atoms with E-state index in [1.807, 2.05) is 47.9 Å². The van der Waals surface area contributed by atoms with Crippen LogP contribution in [0.1, 0.15) is 5.82 Å². The molecule has 0 unspecified atom stereocenters. The van der Waals surface area contributed by atoms with Crippen molar-refractivity contribution in [2.24, 2.45) is 0 Å². The van der Waals surface area contributed by atoms with Crippen LogP contribution < -0.4 is 4.90 Å². The standard InChI is InChI=1S/C16H17N5OS/c1-3-10-20-13(2)18-19-16(20)23-12-15(22)21(11-9-17)14-7-5-4-6-8-14/h3-8H,1,10-12H2,2H3. The fraction of sp³-hybridized carbons (Fsp3) is 0.250. The SMILES string of the molecule is C=CCn1c(C)nnc1SCC(=O)N(CC#N)c1ccccc1. The van der Waals surface area contributed by atoms with E-state index in [1.54, 1.807) is 6.08 Å². The highest BCUT2D eigenvalue weighted by molar-refractivity contribution is 7.99. The average molecular weight is 327 g/mol. The maximum Gasteiger partial charge on any atom is 0.238 e. The summed E-state index contributed by atoms with van der Waals surface area (Å²) in [5.74, 6) is 0.816. The van der Waals surface area contributed by atoms with Gasteiger partial charge in [-0.1, -0.05) is 36.0 Å². The molecule has 0 saturated carbocycles. The first kappa shape index (κ1) is 16.8. The van der Waals surface area contributed by atoms with Crippen LogP contribution in [0.2, 0.25) is 0 Å². The summed E-state index contributed by atoms with van der Waals surface area (Å²) in [4.78, 5) is 13.9. The number of rotatable bonds is 7. The lowest BCUT2D eigenvalue weighted by Gasteiger charge is -2.19. The zero-order valence-corrected chi connectivity index (χ0v) is 13.7. The van der Waals surface area contributed by atoms with Gasteiger partial charge in [0, 0.05) is 12.2 Å². The molecule has 0 atom stereocenters. The second-order valence-corrected chi connectivity index (χ2v) is 5.63. The van der Waals surface area contributed by atoms with Gasteiger partial charge >= 0.3 is 0 Å². The van der Waals surface area contributed by atoms with E-state index >= 15 is 0 Å². The summed E-state index contributed by atoms with van der Waals surface area (Å²) in [5.41, 5.74) is 0.711. The van der Waals surface area contributed by atoms with E-state index in [1.165, 1.54) is 16.7 Å². The van der Waals surface area contributed by atoms with Crippen molar-refractivity contribution in [1.29, 1.82) is 5.26 Å². The Morgan fingerprint density at radius 3 is 2.83 bits per heavy atom. The maximum absolute atomic E-state index is 12.5. The maximum atomic E-state index is 12.5. The molecule has 7 heteroatoms. The number of anilines is 1. The van der Waals surface area contributed by atoms with Crippen molar-refractivity contribution in [3.05, 3.63) is 48.8 Å². The monoisotopic (exact) mass is 327 g/mol. The quantitative estimate of drug-likeness (QED) is 0.443. The molecule has 1 heterocycles. The zero-order chi connectivity index (χ0) is 16.7. The number of amides is 1. The van der Waals surface area contributed by atoms with Crippen molar-refractivity contribution >= 4 is 23.4 Å². The molecule has 2 aromatic rings. The van der Waals surface area contributed by atoms with Crippen molar-refractivity contribution in [3.63, 3.8) is 0 Å². The number of allylic oxidation sites excluding steroid dienone is 1. The molecule has 23 heavy (non-hydrogen) atoms. The molecule has 0 aliphatic rings. The van der Waals surface area contributed by atoms with Crippen LogP contribution in [-0.4, -0.2) is 33.0 Å². The number of nitriles is 1. The topological polar surface area (TPSA) is 74.8 Å². The third kappa shape index (κ3) is 4.20. The summed E-state index contributed by atoms with van der Waals surface area (Å²) in [5, 5.41) is 17.7. The van der Waals surface area contributed by atoms with Crippen molar-refractivity contribution in [1.82, 2.24) is 14.8 Å². The Labute approximate surface area is 139 Å². The van der Waals surface area contributed by atoms with E-state index in [9.17, 15) is 4.79 Å². The van der Waals surface area contributed by atoms with Crippen LogP contribution in [0.4, 0.5) is 5.69 Å². The van der Waals surface area contributed by atoms with Gasteiger partial charge in [-0.3, -0.25) is 9.69 Å². The molecule has 0 radical (unpaired) electrons. The van der Waals surface area contributed by atoms with Gasteiger partial charge in [0.1, 0.15) is 12.4 Å². The largest absolute Gasteiger partial charge is 0.302 e. The summed E-state index contributed by atoms with van der Waals surface area (Å²) in [6.07, 6.45) is 1.76. The molecule has 0 aliphatic heterocycles. The Kier molecular flexibility index (Phi) is 5.94. The van der Waals surface area contributed by atoms with E-state index in [4.69, 9.17) is 5.26 Å². The van der Waals surface area contributed by atoms with E-state index in [-0.39, 0.29) is 18.2 Å². The second kappa shape index (κ2) is 8.15. The summed E-state index contributed by atoms with van der Waals surface area (Å²) >= 11 is 1.31. The van der Waals surface area contributed by atoms with Crippen LogP contribution in [0.3, 0.4) is 0 Å². The fourth-order valence-corrected chi connectivity index (χ4v) is 2.88. The van der Waals surface area contributed by atoms with Crippen LogP contribution >= 0.6 is 11.8 Å². The Hall–Kier alpha value is -2.59. The number of carbonyl (C=O) groups excluding carboxylic acids is 1. The highest BCUT2D eigenvalue weighted by atomic mass is 32.2. The highest BCUT2D eigenvalue weighted by Gasteiger charge is 2.17. The number of carbonyl (C=O) groups is 1. The molecular weight excluding hydrogens is 310 g/mol. The van der Waals surface area contributed by atoms with Gasteiger partial charge in [-0.2, -0.15) is 5.26 Å². The van der Waals surface area contributed by atoms with Gasteiger partial charge in [0.05, 0.1) is 11.8 Å². The minimum atomic E-state index is -0.145. The number of aromatic nitrogens is 3. The van der Waals surface area contributed by atoms with Crippen molar-refractivity contribution in [2.75, 3.05) is 17.2 Å². The Balaban J connectivity index is 2.08. The van der Waals surface area contributed by atoms with Gasteiger partial charge < -0.3 is 4.57 Å². The molecule has 2 rings (SSSR count). The van der Waals surface area contributed by atoms with Gasteiger partial charge in [0.2, 0.25) is 5.91 Å². The minimum absolute atomic E-state index is 0.0157. The number of nitrogens with zero attached hydrogens (tertiary/aromatic N) is 5. The minimum Gasteiger partial charge on any atom is -0.302 e. The summed E-state index contributed by atoms with van der Waals surface area (Å²) in [6.45, 7) is 6.17. The highest BCUT2D eigenvalue weighted by Crippen LogP contribution is 2.20. The van der Waals surface area contributed by atoms with Gasteiger partial charge in [-0.15, -0.1) is 16.8 Å².